The van der Waals surface area contributed by atoms with Crippen LogP contribution in [0, 0.1) is 0 Å². The number of amides is 2. The molecule has 0 aromatic heterocycles. The van der Waals surface area contributed by atoms with Gasteiger partial charge in [-0.15, -0.1) is 0 Å². The molecular formula is C9H16N2O2. The highest BCUT2D eigenvalue weighted by Gasteiger charge is 2.43. The smallest absolute Gasteiger partial charge is 0.247 e. The van der Waals surface area contributed by atoms with Crippen LogP contribution in [0.1, 0.15) is 20.8 Å². The Labute approximate surface area is 78.5 Å². The number of likely N-dealkylation sites (N-methyl/N-ethyl adjacent to an activating group) is 1. The minimum Gasteiger partial charge on any atom is -0.341 e. The summed E-state index contributed by atoms with van der Waals surface area (Å²) in [6, 6.07) is 0.00630. The number of nitrogens with zero attached hydrogens (tertiary/aromatic N) is 2. The third-order valence-electron chi connectivity index (χ3n) is 2.42. The van der Waals surface area contributed by atoms with Crippen LogP contribution in [-0.4, -0.2) is 47.3 Å². The summed E-state index contributed by atoms with van der Waals surface area (Å²) < 4.78 is 0. The predicted octanol–water partition coefficient (Wildman–Crippen LogP) is 0.0839. The molecule has 74 valence electrons. The third kappa shape index (κ3) is 1.99. The van der Waals surface area contributed by atoms with Crippen LogP contribution in [0.3, 0.4) is 0 Å². The summed E-state index contributed by atoms with van der Waals surface area (Å²) in [7, 11) is 1.77. The highest BCUT2D eigenvalue weighted by atomic mass is 16.2. The van der Waals surface area contributed by atoms with Crippen molar-refractivity contribution in [1.29, 1.82) is 0 Å². The summed E-state index contributed by atoms with van der Waals surface area (Å²) in [6.07, 6.45) is 0. The van der Waals surface area contributed by atoms with E-state index in [1.807, 2.05) is 13.8 Å². The fraction of sp³-hybridized carbons (Fsp3) is 0.778. The first kappa shape index (κ1) is 10.0. The monoisotopic (exact) mass is 184 g/mol. The highest BCUT2D eigenvalue weighted by molar-refractivity contribution is 5.91. The molecular weight excluding hydrogens is 168 g/mol. The molecule has 0 aromatic carbocycles. The average Bonchev–Trinajstić information content (AvgIpc) is 2.80. The summed E-state index contributed by atoms with van der Waals surface area (Å²) in [4.78, 5) is 25.7. The zero-order valence-corrected chi connectivity index (χ0v) is 8.57. The van der Waals surface area contributed by atoms with Gasteiger partial charge in [0, 0.05) is 20.0 Å². The van der Waals surface area contributed by atoms with E-state index in [2.05, 4.69) is 0 Å². The van der Waals surface area contributed by atoms with Crippen LogP contribution < -0.4 is 0 Å². The molecule has 1 heterocycles. The summed E-state index contributed by atoms with van der Waals surface area (Å²) >= 11 is 0. The molecule has 0 aromatic rings. The van der Waals surface area contributed by atoms with E-state index >= 15 is 0 Å². The Morgan fingerprint density at radius 3 is 2.31 bits per heavy atom. The predicted molar refractivity (Wildman–Crippen MR) is 49.1 cm³/mol. The van der Waals surface area contributed by atoms with Crippen molar-refractivity contribution in [2.24, 2.45) is 0 Å². The third-order valence-corrected chi connectivity index (χ3v) is 2.42. The van der Waals surface area contributed by atoms with Crippen LogP contribution in [0.2, 0.25) is 0 Å². The van der Waals surface area contributed by atoms with E-state index in [1.54, 1.807) is 16.8 Å². The van der Waals surface area contributed by atoms with Gasteiger partial charge >= 0.3 is 0 Å². The molecule has 1 aliphatic rings. The molecule has 1 atom stereocenters. The fourth-order valence-corrected chi connectivity index (χ4v) is 1.19. The van der Waals surface area contributed by atoms with E-state index in [-0.39, 0.29) is 23.9 Å². The van der Waals surface area contributed by atoms with E-state index in [1.165, 1.54) is 6.92 Å². The number of hydrogen-bond donors (Lipinski definition) is 0. The van der Waals surface area contributed by atoms with Crippen LogP contribution in [0.15, 0.2) is 0 Å². The molecule has 2 amide bonds. The molecule has 1 unspecified atom stereocenters. The van der Waals surface area contributed by atoms with Crippen molar-refractivity contribution in [1.82, 2.24) is 9.80 Å². The molecule has 1 saturated heterocycles. The lowest BCUT2D eigenvalue weighted by Gasteiger charge is -2.21. The maximum Gasteiger partial charge on any atom is 0.247 e. The van der Waals surface area contributed by atoms with Crippen molar-refractivity contribution < 1.29 is 9.59 Å². The zero-order valence-electron chi connectivity index (χ0n) is 8.57. The van der Waals surface area contributed by atoms with E-state index in [9.17, 15) is 9.59 Å². The Bertz CT molecular complexity index is 238. The van der Waals surface area contributed by atoms with Crippen molar-refractivity contribution in [3.8, 4) is 0 Å². The van der Waals surface area contributed by atoms with Gasteiger partial charge in [-0.05, 0) is 13.8 Å². The molecule has 1 fully saturated rings. The second-order valence-electron chi connectivity index (χ2n) is 3.73. The van der Waals surface area contributed by atoms with Gasteiger partial charge in [0.05, 0.1) is 6.54 Å². The quantitative estimate of drug-likeness (QED) is 0.570. The lowest BCUT2D eigenvalue weighted by atomic mass is 10.3. The van der Waals surface area contributed by atoms with Gasteiger partial charge in [-0.1, -0.05) is 0 Å². The molecule has 0 saturated carbocycles. The van der Waals surface area contributed by atoms with Gasteiger partial charge in [0.2, 0.25) is 11.8 Å². The van der Waals surface area contributed by atoms with Crippen LogP contribution in [0.25, 0.3) is 0 Å². The van der Waals surface area contributed by atoms with Gasteiger partial charge in [-0.25, -0.2) is 0 Å². The summed E-state index contributed by atoms with van der Waals surface area (Å²) in [6.45, 7) is 5.99. The summed E-state index contributed by atoms with van der Waals surface area (Å²) in [5.41, 5.74) is 0. The molecule has 0 aliphatic carbocycles. The molecule has 4 nitrogen and oxygen atoms in total. The van der Waals surface area contributed by atoms with Crippen molar-refractivity contribution in [3.63, 3.8) is 0 Å². The van der Waals surface area contributed by atoms with E-state index < -0.39 is 0 Å². The first-order valence-electron chi connectivity index (χ1n) is 4.49. The number of carbonyl (C=O) groups excluding carboxylic acids is 2. The molecule has 1 rings (SSSR count). The van der Waals surface area contributed by atoms with Crippen LogP contribution in [-0.2, 0) is 9.59 Å². The minimum absolute atomic E-state index is 0.0180. The second kappa shape index (κ2) is 3.36. The van der Waals surface area contributed by atoms with Crippen molar-refractivity contribution in [3.05, 3.63) is 0 Å². The summed E-state index contributed by atoms with van der Waals surface area (Å²) in [5.74, 6) is 0.0284. The largest absolute Gasteiger partial charge is 0.341 e. The van der Waals surface area contributed by atoms with Gasteiger partial charge in [0.15, 0.2) is 0 Å². The van der Waals surface area contributed by atoms with Crippen LogP contribution in [0.4, 0.5) is 0 Å². The fourth-order valence-electron chi connectivity index (χ4n) is 1.19. The molecule has 0 spiro atoms. The minimum atomic E-state index is -0.190. The average molecular weight is 184 g/mol. The SMILES string of the molecule is CC(=O)N1CC1C(=O)N(C)C(C)C. The highest BCUT2D eigenvalue weighted by Crippen LogP contribution is 2.19. The van der Waals surface area contributed by atoms with Crippen LogP contribution >= 0.6 is 0 Å². The van der Waals surface area contributed by atoms with E-state index in [4.69, 9.17) is 0 Å². The van der Waals surface area contributed by atoms with Gasteiger partial charge in [0.1, 0.15) is 6.04 Å². The van der Waals surface area contributed by atoms with Crippen molar-refractivity contribution in [2.75, 3.05) is 13.6 Å². The molecule has 1 aliphatic heterocycles. The standard InChI is InChI=1S/C9H16N2O2/c1-6(2)10(4)9(13)8-5-11(8)7(3)12/h6,8H,5H2,1-4H3. The van der Waals surface area contributed by atoms with Gasteiger partial charge in [0.25, 0.3) is 0 Å². The zero-order chi connectivity index (χ0) is 10.2. The molecule has 13 heavy (non-hydrogen) atoms. The number of rotatable bonds is 2. The first-order valence-corrected chi connectivity index (χ1v) is 4.49. The number of carbonyl (C=O) groups is 2. The Balaban J connectivity index is 2.48. The Morgan fingerprint density at radius 2 is 2.00 bits per heavy atom. The summed E-state index contributed by atoms with van der Waals surface area (Å²) in [5, 5.41) is 0. The molecule has 0 radical (unpaired) electrons. The Hall–Kier alpha value is -1.06. The lowest BCUT2D eigenvalue weighted by molar-refractivity contribution is -0.134. The first-order chi connectivity index (χ1) is 5.95. The Kier molecular flexibility index (Phi) is 2.59. The maximum absolute atomic E-state index is 11.6. The van der Waals surface area contributed by atoms with Gasteiger partial charge in [-0.3, -0.25) is 9.59 Å². The van der Waals surface area contributed by atoms with Gasteiger partial charge in [-0.2, -0.15) is 0 Å². The normalized spacial score (nSPS) is 20.4. The van der Waals surface area contributed by atoms with Crippen LogP contribution in [0.5, 0.6) is 0 Å². The van der Waals surface area contributed by atoms with Crippen molar-refractivity contribution in [2.45, 2.75) is 32.9 Å². The molecule has 4 heteroatoms. The molecule has 0 N–H and O–H groups in total. The molecule has 0 bridgehead atoms. The topological polar surface area (TPSA) is 40.4 Å². The van der Waals surface area contributed by atoms with Crippen molar-refractivity contribution >= 4 is 11.8 Å². The second-order valence-corrected chi connectivity index (χ2v) is 3.73. The van der Waals surface area contributed by atoms with Gasteiger partial charge < -0.3 is 9.80 Å². The lowest BCUT2D eigenvalue weighted by Crippen LogP contribution is -2.37. The van der Waals surface area contributed by atoms with E-state index in [0.717, 1.165) is 0 Å². The Morgan fingerprint density at radius 1 is 1.46 bits per heavy atom. The van der Waals surface area contributed by atoms with E-state index in [0.29, 0.717) is 6.54 Å². The maximum atomic E-state index is 11.6. The number of hydrogen-bond acceptors (Lipinski definition) is 2.